The average molecular weight is 294 g/mol. The number of carboxylic acids is 1. The maximum absolute atomic E-state index is 10.3. The summed E-state index contributed by atoms with van der Waals surface area (Å²) >= 11 is 1.70. The van der Waals surface area contributed by atoms with Crippen LogP contribution in [0.1, 0.15) is 29.2 Å². The fourth-order valence-corrected chi connectivity index (χ4v) is 3.41. The number of fused-ring (bicyclic) bond motifs is 1. The van der Waals surface area contributed by atoms with E-state index < -0.39 is 5.97 Å². The van der Waals surface area contributed by atoms with Gasteiger partial charge in [0.25, 0.3) is 5.89 Å². The van der Waals surface area contributed by atoms with E-state index in [1.54, 1.807) is 11.3 Å². The van der Waals surface area contributed by atoms with Crippen molar-refractivity contribution in [3.05, 3.63) is 22.4 Å². The van der Waals surface area contributed by atoms with Gasteiger partial charge in [0.15, 0.2) is 0 Å². The first-order valence-corrected chi connectivity index (χ1v) is 7.28. The summed E-state index contributed by atoms with van der Waals surface area (Å²) in [6.45, 7) is -0.352. The molecule has 1 aliphatic rings. The predicted octanol–water partition coefficient (Wildman–Crippen LogP) is 2.28. The fourth-order valence-electron chi connectivity index (χ4n) is 2.23. The van der Waals surface area contributed by atoms with E-state index in [2.05, 4.69) is 16.3 Å². The zero-order valence-corrected chi connectivity index (χ0v) is 11.6. The molecule has 0 atom stereocenters. The predicted molar refractivity (Wildman–Crippen MR) is 71.5 cm³/mol. The van der Waals surface area contributed by atoms with Gasteiger partial charge < -0.3 is 14.3 Å². The lowest BCUT2D eigenvalue weighted by atomic mass is 9.99. The molecule has 2 aromatic rings. The average Bonchev–Trinajstić information content (AvgIpc) is 3.03. The third kappa shape index (κ3) is 2.88. The number of hydrogen-bond acceptors (Lipinski definition) is 6. The number of carboxylic acid groups (broad SMARTS) is 1. The molecular weight excluding hydrogens is 280 g/mol. The van der Waals surface area contributed by atoms with Gasteiger partial charge in [-0.25, -0.2) is 4.79 Å². The molecule has 20 heavy (non-hydrogen) atoms. The Morgan fingerprint density at radius 1 is 1.40 bits per heavy atom. The van der Waals surface area contributed by atoms with Crippen molar-refractivity contribution in [1.82, 2.24) is 10.2 Å². The second-order valence-corrected chi connectivity index (χ2v) is 5.79. The number of aromatic nitrogens is 2. The van der Waals surface area contributed by atoms with Crippen molar-refractivity contribution in [3.63, 3.8) is 0 Å². The molecule has 1 N–H and O–H groups in total. The first kappa shape index (κ1) is 13.3. The number of aliphatic carboxylic acids is 1. The molecule has 0 aliphatic heterocycles. The summed E-state index contributed by atoms with van der Waals surface area (Å²) in [5, 5.41) is 16.3. The normalized spacial score (nSPS) is 14.2. The zero-order chi connectivity index (χ0) is 13.9. The molecule has 0 radical (unpaired) electrons. The third-order valence-electron chi connectivity index (χ3n) is 3.13. The molecule has 0 saturated carbocycles. The highest BCUT2D eigenvalue weighted by Crippen LogP contribution is 2.35. The van der Waals surface area contributed by atoms with Crippen molar-refractivity contribution in [3.8, 4) is 10.8 Å². The summed E-state index contributed by atoms with van der Waals surface area (Å²) in [4.78, 5) is 12.7. The van der Waals surface area contributed by atoms with Gasteiger partial charge in [-0.3, -0.25) is 0 Å². The van der Waals surface area contributed by atoms with Crippen LogP contribution in [0, 0.1) is 0 Å². The van der Waals surface area contributed by atoms with Crippen LogP contribution in [0.25, 0.3) is 10.8 Å². The molecule has 0 spiro atoms. The molecule has 3 rings (SSSR count). The smallest absolute Gasteiger partial charge is 0.329 e. The highest BCUT2D eigenvalue weighted by atomic mass is 32.1. The van der Waals surface area contributed by atoms with E-state index in [1.807, 2.05) is 0 Å². The van der Waals surface area contributed by atoms with Crippen molar-refractivity contribution in [2.24, 2.45) is 0 Å². The number of ether oxygens (including phenoxy) is 1. The molecule has 0 amide bonds. The summed E-state index contributed by atoms with van der Waals surface area (Å²) in [5.74, 6) is -0.235. The van der Waals surface area contributed by atoms with E-state index in [0.717, 1.165) is 17.7 Å². The largest absolute Gasteiger partial charge is 0.480 e. The Morgan fingerprint density at radius 3 is 3.05 bits per heavy atom. The monoisotopic (exact) mass is 294 g/mol. The van der Waals surface area contributed by atoms with Gasteiger partial charge in [-0.2, -0.15) is 0 Å². The minimum absolute atomic E-state index is 0.0182. The van der Waals surface area contributed by atoms with Crippen LogP contribution >= 0.6 is 11.3 Å². The maximum Gasteiger partial charge on any atom is 0.329 e. The molecule has 0 aromatic carbocycles. The summed E-state index contributed by atoms with van der Waals surface area (Å²) in [6.07, 6.45) is 4.73. The fraction of sp³-hybridized carbons (Fsp3) is 0.462. The van der Waals surface area contributed by atoms with Gasteiger partial charge in [0.05, 0.1) is 4.88 Å². The first-order chi connectivity index (χ1) is 9.72. The van der Waals surface area contributed by atoms with Crippen molar-refractivity contribution in [2.45, 2.75) is 32.3 Å². The number of aryl methyl sites for hydroxylation is 2. The number of hydrogen-bond donors (Lipinski definition) is 1. The maximum atomic E-state index is 10.3. The highest BCUT2D eigenvalue weighted by Gasteiger charge is 2.17. The third-order valence-corrected chi connectivity index (χ3v) is 4.35. The number of rotatable bonds is 5. The summed E-state index contributed by atoms with van der Waals surface area (Å²) in [6, 6.07) is 2.12. The Bertz CT molecular complexity index is 596. The second-order valence-electron chi connectivity index (χ2n) is 4.65. The van der Waals surface area contributed by atoms with Crippen LogP contribution in [-0.4, -0.2) is 27.9 Å². The lowest BCUT2D eigenvalue weighted by molar-refractivity contribution is -0.142. The number of carbonyl (C=O) groups is 1. The van der Waals surface area contributed by atoms with Crippen LogP contribution in [0.3, 0.4) is 0 Å². The van der Waals surface area contributed by atoms with Crippen LogP contribution in [0.4, 0.5) is 0 Å². The minimum Gasteiger partial charge on any atom is -0.480 e. The quantitative estimate of drug-likeness (QED) is 0.910. The van der Waals surface area contributed by atoms with Gasteiger partial charge in [0, 0.05) is 4.88 Å². The van der Waals surface area contributed by atoms with Crippen LogP contribution in [0.15, 0.2) is 10.5 Å². The molecular formula is C13H14N2O4S. The molecule has 7 heteroatoms. The van der Waals surface area contributed by atoms with Gasteiger partial charge in [-0.15, -0.1) is 21.5 Å². The standard InChI is InChI=1S/C13H14N2O4S/c16-12(17)7-18-6-11-14-15-13(19-11)10-5-8-3-1-2-4-9(8)20-10/h5H,1-4,6-7H2,(H,16,17). The van der Waals surface area contributed by atoms with Gasteiger partial charge in [-0.1, -0.05) is 0 Å². The lowest BCUT2D eigenvalue weighted by Gasteiger charge is -2.08. The molecule has 2 heterocycles. The van der Waals surface area contributed by atoms with Crippen molar-refractivity contribution in [2.75, 3.05) is 6.61 Å². The van der Waals surface area contributed by atoms with Crippen LogP contribution < -0.4 is 0 Å². The van der Waals surface area contributed by atoms with Crippen molar-refractivity contribution in [1.29, 1.82) is 0 Å². The number of nitrogens with zero attached hydrogens (tertiary/aromatic N) is 2. The van der Waals surface area contributed by atoms with Crippen LogP contribution in [0.5, 0.6) is 0 Å². The zero-order valence-electron chi connectivity index (χ0n) is 10.8. The SMILES string of the molecule is O=C(O)COCc1nnc(-c2cc3c(s2)CCCC3)o1. The Labute approximate surface area is 119 Å². The first-order valence-electron chi connectivity index (χ1n) is 6.46. The Balaban J connectivity index is 1.69. The molecule has 0 bridgehead atoms. The van der Waals surface area contributed by atoms with E-state index in [9.17, 15) is 4.79 Å². The van der Waals surface area contributed by atoms with E-state index in [4.69, 9.17) is 14.3 Å². The summed E-state index contributed by atoms with van der Waals surface area (Å²) in [5.41, 5.74) is 1.39. The highest BCUT2D eigenvalue weighted by molar-refractivity contribution is 7.15. The van der Waals surface area contributed by atoms with E-state index in [-0.39, 0.29) is 13.2 Å². The summed E-state index contributed by atoms with van der Waals surface area (Å²) < 4.78 is 10.4. The second kappa shape index (κ2) is 5.72. The van der Waals surface area contributed by atoms with Crippen LogP contribution in [0.2, 0.25) is 0 Å². The Hall–Kier alpha value is -1.73. The van der Waals surface area contributed by atoms with Crippen molar-refractivity contribution < 1.29 is 19.1 Å². The van der Waals surface area contributed by atoms with Crippen LogP contribution in [-0.2, 0) is 29.0 Å². The van der Waals surface area contributed by atoms with Gasteiger partial charge in [-0.05, 0) is 37.3 Å². The van der Waals surface area contributed by atoms with Gasteiger partial charge >= 0.3 is 5.97 Å². The van der Waals surface area contributed by atoms with E-state index >= 15 is 0 Å². The van der Waals surface area contributed by atoms with E-state index in [0.29, 0.717) is 11.8 Å². The molecule has 106 valence electrons. The van der Waals surface area contributed by atoms with Crippen molar-refractivity contribution >= 4 is 17.3 Å². The molecule has 1 aliphatic carbocycles. The molecule has 0 saturated heterocycles. The lowest BCUT2D eigenvalue weighted by Crippen LogP contribution is -2.06. The molecule has 2 aromatic heterocycles. The Kier molecular flexibility index (Phi) is 3.79. The van der Waals surface area contributed by atoms with E-state index in [1.165, 1.54) is 23.3 Å². The molecule has 0 unspecified atom stereocenters. The Morgan fingerprint density at radius 2 is 2.25 bits per heavy atom. The minimum atomic E-state index is -1.02. The topological polar surface area (TPSA) is 85.5 Å². The summed E-state index contributed by atoms with van der Waals surface area (Å²) in [7, 11) is 0. The van der Waals surface area contributed by atoms with Gasteiger partial charge in [0.2, 0.25) is 5.89 Å². The molecule has 0 fully saturated rings. The number of thiophene rings is 1. The van der Waals surface area contributed by atoms with Gasteiger partial charge in [0.1, 0.15) is 13.2 Å². The molecule has 6 nitrogen and oxygen atoms in total.